The molecule has 1 aromatic rings. The topological polar surface area (TPSA) is 38.1 Å². The quantitative estimate of drug-likeness (QED) is 0.740. The summed E-state index contributed by atoms with van der Waals surface area (Å²) in [5.41, 5.74) is 1.45. The summed E-state index contributed by atoms with van der Waals surface area (Å²) in [6, 6.07) is 0. The van der Waals surface area contributed by atoms with Gasteiger partial charge in [0.05, 0.1) is 11.3 Å². The van der Waals surface area contributed by atoms with Gasteiger partial charge in [0.2, 0.25) is 0 Å². The Balaban J connectivity index is 2.78. The number of carbonyl (C=O) groups is 1. The number of rotatable bonds is 5. The Hall–Kier alpha value is -1.03. The molecule has 1 heterocycles. The Bertz CT molecular complexity index is 362. The van der Waals surface area contributed by atoms with Gasteiger partial charge in [-0.05, 0) is 20.3 Å². The van der Waals surface area contributed by atoms with Gasteiger partial charge in [0, 0.05) is 32.2 Å². The molecule has 0 fully saturated rings. The zero-order valence-electron chi connectivity index (χ0n) is 10.0. The fourth-order valence-electron chi connectivity index (χ4n) is 1.63. The second kappa shape index (κ2) is 5.89. The maximum absolute atomic E-state index is 12.1. The summed E-state index contributed by atoms with van der Waals surface area (Å²) in [5, 5.41) is 4.17. The van der Waals surface area contributed by atoms with Crippen molar-refractivity contribution in [2.75, 3.05) is 19.0 Å². The molecule has 0 N–H and O–H groups in total. The molecule has 0 aliphatic rings. The number of carbonyl (C=O) groups excluding carboxylic acids is 1. The smallest absolute Gasteiger partial charge is 0.257 e. The van der Waals surface area contributed by atoms with Crippen LogP contribution in [-0.4, -0.2) is 39.6 Å². The van der Waals surface area contributed by atoms with Crippen LogP contribution in [0.15, 0.2) is 6.20 Å². The molecule has 90 valence electrons. The third-order valence-electron chi connectivity index (χ3n) is 2.47. The molecule has 0 spiro atoms. The van der Waals surface area contributed by atoms with E-state index in [1.54, 1.807) is 15.8 Å². The van der Waals surface area contributed by atoms with Gasteiger partial charge in [-0.3, -0.25) is 9.48 Å². The van der Waals surface area contributed by atoms with E-state index in [4.69, 9.17) is 11.6 Å². The number of aryl methyl sites for hydroxylation is 2. The van der Waals surface area contributed by atoms with E-state index in [0.717, 1.165) is 12.1 Å². The number of hydrogen-bond acceptors (Lipinski definition) is 2. The molecule has 0 unspecified atom stereocenters. The Labute approximate surface area is 101 Å². The van der Waals surface area contributed by atoms with Crippen molar-refractivity contribution in [3.05, 3.63) is 17.5 Å². The van der Waals surface area contributed by atoms with E-state index in [1.165, 1.54) is 0 Å². The lowest BCUT2D eigenvalue weighted by atomic mass is 10.2. The summed E-state index contributed by atoms with van der Waals surface area (Å²) in [4.78, 5) is 13.9. The fraction of sp³-hybridized carbons (Fsp3) is 0.636. The molecular formula is C11H18ClN3O. The van der Waals surface area contributed by atoms with Gasteiger partial charge in [-0.25, -0.2) is 0 Å². The van der Waals surface area contributed by atoms with Crippen LogP contribution in [0.25, 0.3) is 0 Å². The number of amides is 1. The van der Waals surface area contributed by atoms with Crippen molar-refractivity contribution in [3.63, 3.8) is 0 Å². The summed E-state index contributed by atoms with van der Waals surface area (Å²) in [5.74, 6) is 0.619. The largest absolute Gasteiger partial charge is 0.339 e. The minimum absolute atomic E-state index is 0.0400. The number of nitrogens with zero attached hydrogens (tertiary/aromatic N) is 3. The van der Waals surface area contributed by atoms with Crippen LogP contribution in [0.1, 0.15) is 29.4 Å². The minimum atomic E-state index is 0.0400. The van der Waals surface area contributed by atoms with Gasteiger partial charge in [-0.2, -0.15) is 5.10 Å². The SMILES string of the molecule is CCN(CCCCl)C(=O)c1cn(C)nc1C. The van der Waals surface area contributed by atoms with Crippen molar-refractivity contribution in [2.45, 2.75) is 20.3 Å². The predicted molar refractivity (Wildman–Crippen MR) is 64.9 cm³/mol. The third kappa shape index (κ3) is 2.98. The summed E-state index contributed by atoms with van der Waals surface area (Å²) >= 11 is 5.63. The lowest BCUT2D eigenvalue weighted by Gasteiger charge is -2.19. The van der Waals surface area contributed by atoms with Crippen LogP contribution in [0.2, 0.25) is 0 Å². The van der Waals surface area contributed by atoms with E-state index in [9.17, 15) is 4.79 Å². The standard InChI is InChI=1S/C11H18ClN3O/c1-4-15(7-5-6-12)11(16)10-8-14(3)13-9(10)2/h8H,4-7H2,1-3H3. The molecule has 16 heavy (non-hydrogen) atoms. The molecule has 0 atom stereocenters. The molecule has 5 heteroatoms. The average molecular weight is 244 g/mol. The molecule has 1 amide bonds. The summed E-state index contributed by atoms with van der Waals surface area (Å²) < 4.78 is 1.66. The molecule has 4 nitrogen and oxygen atoms in total. The first kappa shape index (κ1) is 13.0. The Morgan fingerprint density at radius 3 is 2.75 bits per heavy atom. The highest BCUT2D eigenvalue weighted by Gasteiger charge is 2.17. The van der Waals surface area contributed by atoms with Gasteiger partial charge in [0.15, 0.2) is 0 Å². The first-order valence-electron chi connectivity index (χ1n) is 5.45. The lowest BCUT2D eigenvalue weighted by molar-refractivity contribution is 0.0764. The zero-order chi connectivity index (χ0) is 12.1. The third-order valence-corrected chi connectivity index (χ3v) is 2.74. The molecule has 0 aliphatic heterocycles. The van der Waals surface area contributed by atoms with Crippen LogP contribution in [-0.2, 0) is 7.05 Å². The zero-order valence-corrected chi connectivity index (χ0v) is 10.8. The monoisotopic (exact) mass is 243 g/mol. The van der Waals surface area contributed by atoms with Crippen molar-refractivity contribution < 1.29 is 4.79 Å². The maximum Gasteiger partial charge on any atom is 0.257 e. The molecule has 1 rings (SSSR count). The van der Waals surface area contributed by atoms with E-state index in [1.807, 2.05) is 20.9 Å². The first-order valence-corrected chi connectivity index (χ1v) is 5.99. The average Bonchev–Trinajstić information content (AvgIpc) is 2.58. The molecule has 0 aliphatic carbocycles. The Kier molecular flexibility index (Phi) is 4.80. The van der Waals surface area contributed by atoms with Crippen LogP contribution in [0.5, 0.6) is 0 Å². The highest BCUT2D eigenvalue weighted by Crippen LogP contribution is 2.09. The summed E-state index contributed by atoms with van der Waals surface area (Å²) in [6.07, 6.45) is 2.58. The van der Waals surface area contributed by atoms with Gasteiger partial charge in [-0.15, -0.1) is 11.6 Å². The van der Waals surface area contributed by atoms with Crippen LogP contribution in [0.3, 0.4) is 0 Å². The van der Waals surface area contributed by atoms with Crippen LogP contribution >= 0.6 is 11.6 Å². The number of aromatic nitrogens is 2. The summed E-state index contributed by atoms with van der Waals surface area (Å²) in [6.45, 7) is 5.22. The second-order valence-electron chi connectivity index (χ2n) is 3.73. The van der Waals surface area contributed by atoms with Crippen molar-refractivity contribution >= 4 is 17.5 Å². The summed E-state index contributed by atoms with van der Waals surface area (Å²) in [7, 11) is 1.82. The van der Waals surface area contributed by atoms with Crippen LogP contribution in [0, 0.1) is 6.92 Å². The first-order chi connectivity index (χ1) is 7.60. The van der Waals surface area contributed by atoms with E-state index < -0.39 is 0 Å². The Morgan fingerprint density at radius 2 is 2.31 bits per heavy atom. The van der Waals surface area contributed by atoms with E-state index >= 15 is 0 Å². The van der Waals surface area contributed by atoms with E-state index in [-0.39, 0.29) is 5.91 Å². The van der Waals surface area contributed by atoms with Crippen molar-refractivity contribution in [3.8, 4) is 0 Å². The van der Waals surface area contributed by atoms with Gasteiger partial charge >= 0.3 is 0 Å². The van der Waals surface area contributed by atoms with Crippen LogP contribution < -0.4 is 0 Å². The van der Waals surface area contributed by atoms with E-state index in [0.29, 0.717) is 24.5 Å². The lowest BCUT2D eigenvalue weighted by Crippen LogP contribution is -2.32. The molecule has 0 bridgehead atoms. The molecule has 0 saturated heterocycles. The van der Waals surface area contributed by atoms with E-state index in [2.05, 4.69) is 5.10 Å². The molecule has 1 aromatic heterocycles. The van der Waals surface area contributed by atoms with Gasteiger partial charge in [-0.1, -0.05) is 0 Å². The molecule has 0 radical (unpaired) electrons. The van der Waals surface area contributed by atoms with Gasteiger partial charge in [0.25, 0.3) is 5.91 Å². The maximum atomic E-state index is 12.1. The van der Waals surface area contributed by atoms with Crippen molar-refractivity contribution in [1.82, 2.24) is 14.7 Å². The normalized spacial score (nSPS) is 10.5. The highest BCUT2D eigenvalue weighted by molar-refractivity contribution is 6.17. The molecule has 0 aromatic carbocycles. The van der Waals surface area contributed by atoms with Gasteiger partial charge in [0.1, 0.15) is 0 Å². The number of hydrogen-bond donors (Lipinski definition) is 0. The molecular weight excluding hydrogens is 226 g/mol. The number of halogens is 1. The fourth-order valence-corrected chi connectivity index (χ4v) is 1.75. The number of alkyl halides is 1. The van der Waals surface area contributed by atoms with Crippen molar-refractivity contribution in [2.24, 2.45) is 7.05 Å². The Morgan fingerprint density at radius 1 is 1.62 bits per heavy atom. The second-order valence-corrected chi connectivity index (χ2v) is 4.11. The van der Waals surface area contributed by atoms with Gasteiger partial charge < -0.3 is 4.90 Å². The highest BCUT2D eigenvalue weighted by atomic mass is 35.5. The minimum Gasteiger partial charge on any atom is -0.339 e. The predicted octanol–water partition coefficient (Wildman–Crippen LogP) is 1.82. The molecule has 0 saturated carbocycles. The van der Waals surface area contributed by atoms with Crippen molar-refractivity contribution in [1.29, 1.82) is 0 Å². The van der Waals surface area contributed by atoms with Crippen LogP contribution in [0.4, 0.5) is 0 Å².